The van der Waals surface area contributed by atoms with Crippen molar-refractivity contribution in [1.82, 2.24) is 24.8 Å². The lowest BCUT2D eigenvalue weighted by atomic mass is 10.1. The van der Waals surface area contributed by atoms with Crippen molar-refractivity contribution < 1.29 is 38.0 Å². The van der Waals surface area contributed by atoms with Gasteiger partial charge >= 0.3 is 6.09 Å². The van der Waals surface area contributed by atoms with E-state index in [2.05, 4.69) is 25.3 Å². The van der Waals surface area contributed by atoms with Crippen molar-refractivity contribution in [3.8, 4) is 22.2 Å². The molecule has 1 fully saturated rings. The summed E-state index contributed by atoms with van der Waals surface area (Å²) in [7, 11) is 1.53. The van der Waals surface area contributed by atoms with E-state index in [1.54, 1.807) is 19.2 Å². The molecule has 0 aliphatic carbocycles. The number of aliphatic hydroxyl groups excluding tert-OH is 1. The minimum absolute atomic E-state index is 0.00431. The number of benzene rings is 2. The van der Waals surface area contributed by atoms with E-state index in [4.69, 9.17) is 18.9 Å². The fourth-order valence-electron chi connectivity index (χ4n) is 5.05. The zero-order valence-corrected chi connectivity index (χ0v) is 26.5. The highest BCUT2D eigenvalue weighted by Gasteiger charge is 2.28. The first-order valence-corrected chi connectivity index (χ1v) is 15.5. The van der Waals surface area contributed by atoms with Gasteiger partial charge in [-0.05, 0) is 43.7 Å². The highest BCUT2D eigenvalue weighted by Crippen LogP contribution is 2.37. The SMILES string of the molecule is COc1cnc2c(-c3nc4cc(F)c(OC[C@@H](C)OC(=O)Nc5ccc(C(=O)N6CCOC[C@@H]6CO)nc5)cc4s3)cc(C)cc2n1. The zero-order valence-electron chi connectivity index (χ0n) is 25.7. The van der Waals surface area contributed by atoms with Gasteiger partial charge in [0, 0.05) is 24.2 Å². The Morgan fingerprint density at radius 3 is 2.79 bits per heavy atom. The molecule has 0 saturated carbocycles. The Kier molecular flexibility index (Phi) is 9.38. The lowest BCUT2D eigenvalue weighted by molar-refractivity contribution is -0.0186. The predicted molar refractivity (Wildman–Crippen MR) is 171 cm³/mol. The van der Waals surface area contributed by atoms with Crippen LogP contribution >= 0.6 is 11.3 Å². The lowest BCUT2D eigenvalue weighted by Gasteiger charge is -2.34. The van der Waals surface area contributed by atoms with Crippen molar-refractivity contribution >= 4 is 50.3 Å². The molecule has 5 aromatic rings. The molecule has 2 aromatic carbocycles. The van der Waals surface area contributed by atoms with E-state index in [1.807, 2.05) is 19.1 Å². The molecule has 2 atom stereocenters. The Hall–Kier alpha value is -4.99. The van der Waals surface area contributed by atoms with Crippen LogP contribution in [0.2, 0.25) is 0 Å². The monoisotopic (exact) mass is 662 g/mol. The molecular formula is C32H31FN6O7S. The number of thiazole rings is 1. The van der Waals surface area contributed by atoms with Crippen molar-refractivity contribution in [1.29, 1.82) is 0 Å². The summed E-state index contributed by atoms with van der Waals surface area (Å²) in [5, 5.41) is 12.7. The van der Waals surface area contributed by atoms with Crippen LogP contribution in [0.4, 0.5) is 14.9 Å². The number of methoxy groups -OCH3 is 1. The molecule has 15 heteroatoms. The maximum atomic E-state index is 15.0. The van der Waals surface area contributed by atoms with Crippen molar-refractivity contribution in [2.45, 2.75) is 26.0 Å². The first-order chi connectivity index (χ1) is 22.7. The number of hydrogen-bond acceptors (Lipinski definition) is 12. The van der Waals surface area contributed by atoms with Gasteiger partial charge in [-0.1, -0.05) is 0 Å². The van der Waals surface area contributed by atoms with Gasteiger partial charge in [-0.25, -0.2) is 29.1 Å². The summed E-state index contributed by atoms with van der Waals surface area (Å²) in [4.78, 5) is 44.6. The highest BCUT2D eigenvalue weighted by molar-refractivity contribution is 7.21. The summed E-state index contributed by atoms with van der Waals surface area (Å²) >= 11 is 1.37. The van der Waals surface area contributed by atoms with Crippen LogP contribution in [-0.2, 0) is 9.47 Å². The third-order valence-electron chi connectivity index (χ3n) is 7.36. The number of anilines is 1. The maximum Gasteiger partial charge on any atom is 0.412 e. The van der Waals surface area contributed by atoms with Gasteiger partial charge in [0.15, 0.2) is 11.6 Å². The number of aryl methyl sites for hydroxylation is 1. The van der Waals surface area contributed by atoms with E-state index < -0.39 is 24.1 Å². The van der Waals surface area contributed by atoms with Crippen LogP contribution in [0.3, 0.4) is 0 Å². The number of morpholine rings is 1. The van der Waals surface area contributed by atoms with E-state index in [-0.39, 0.29) is 37.2 Å². The van der Waals surface area contributed by atoms with Crippen LogP contribution in [0.5, 0.6) is 11.6 Å². The number of aromatic nitrogens is 4. The average Bonchev–Trinajstić information content (AvgIpc) is 3.48. The number of ether oxygens (including phenoxy) is 4. The summed E-state index contributed by atoms with van der Waals surface area (Å²) in [6, 6.07) is 9.30. The fourth-order valence-corrected chi connectivity index (χ4v) is 6.04. The summed E-state index contributed by atoms with van der Waals surface area (Å²) < 4.78 is 37.3. The van der Waals surface area contributed by atoms with Gasteiger partial charge in [-0.2, -0.15) is 0 Å². The summed E-state index contributed by atoms with van der Waals surface area (Å²) in [5.74, 6) is -0.547. The molecule has 3 aromatic heterocycles. The van der Waals surface area contributed by atoms with Gasteiger partial charge < -0.3 is 29.0 Å². The molecule has 13 nitrogen and oxygen atoms in total. The molecule has 2 N–H and O–H groups in total. The summed E-state index contributed by atoms with van der Waals surface area (Å²) in [5.41, 5.74) is 4.00. The number of carbonyl (C=O) groups is 2. The second-order valence-electron chi connectivity index (χ2n) is 10.9. The Bertz CT molecular complexity index is 1940. The van der Waals surface area contributed by atoms with Crippen LogP contribution in [0.1, 0.15) is 23.0 Å². The second kappa shape index (κ2) is 13.8. The molecule has 0 bridgehead atoms. The Labute approximate surface area is 272 Å². The quantitative estimate of drug-likeness (QED) is 0.227. The summed E-state index contributed by atoms with van der Waals surface area (Å²) in [6.45, 7) is 4.20. The topological polar surface area (TPSA) is 158 Å². The van der Waals surface area contributed by atoms with Crippen molar-refractivity contribution in [3.05, 3.63) is 65.9 Å². The van der Waals surface area contributed by atoms with E-state index in [9.17, 15) is 14.7 Å². The molecule has 0 radical (unpaired) electrons. The number of amides is 2. The van der Waals surface area contributed by atoms with Crippen LogP contribution in [0.25, 0.3) is 31.8 Å². The maximum absolute atomic E-state index is 15.0. The molecule has 244 valence electrons. The van der Waals surface area contributed by atoms with Crippen LogP contribution in [0, 0.1) is 12.7 Å². The van der Waals surface area contributed by atoms with Crippen molar-refractivity contribution in [2.24, 2.45) is 0 Å². The van der Waals surface area contributed by atoms with E-state index >= 15 is 4.39 Å². The molecule has 1 aliphatic rings. The zero-order chi connectivity index (χ0) is 33.1. The Morgan fingerprint density at radius 1 is 1.17 bits per heavy atom. The molecule has 4 heterocycles. The number of halogens is 1. The normalized spacial score (nSPS) is 15.4. The van der Waals surface area contributed by atoms with E-state index in [1.165, 1.54) is 47.7 Å². The van der Waals surface area contributed by atoms with E-state index in [0.29, 0.717) is 51.0 Å². The average molecular weight is 663 g/mol. The number of pyridine rings is 1. The van der Waals surface area contributed by atoms with E-state index in [0.717, 1.165) is 11.1 Å². The first kappa shape index (κ1) is 32.0. The minimum atomic E-state index is -0.773. The standard InChI is InChI=1S/C32H31FN6O7S/c1-17-8-21(29-25(9-17)37-28(43-3)13-35-29)30-38-24-10-22(33)26(11-27(24)47-30)45-15-18(2)46-32(42)36-19-4-5-23(34-12-19)31(41)39-6-7-44-16-20(39)14-40/h4-5,8-13,18,20,40H,6-7,14-16H2,1-3H3,(H,36,42)/t18-,20+/m1/s1. The van der Waals surface area contributed by atoms with Crippen molar-refractivity contribution in [3.63, 3.8) is 0 Å². The molecule has 47 heavy (non-hydrogen) atoms. The van der Waals surface area contributed by atoms with Gasteiger partial charge in [0.2, 0.25) is 5.88 Å². The van der Waals surface area contributed by atoms with Crippen LogP contribution in [-0.4, -0.2) is 94.2 Å². The fraction of sp³-hybridized carbons (Fsp3) is 0.312. The molecule has 0 unspecified atom stereocenters. The van der Waals surface area contributed by atoms with Crippen LogP contribution in [0.15, 0.2) is 48.8 Å². The van der Waals surface area contributed by atoms with Gasteiger partial charge in [0.05, 0.1) is 72.3 Å². The number of carbonyl (C=O) groups excluding carboxylic acids is 2. The van der Waals surface area contributed by atoms with Gasteiger partial charge in [-0.3, -0.25) is 10.1 Å². The molecular weight excluding hydrogens is 631 g/mol. The molecule has 0 spiro atoms. The van der Waals surface area contributed by atoms with Gasteiger partial charge in [0.25, 0.3) is 5.91 Å². The smallest absolute Gasteiger partial charge is 0.412 e. The number of rotatable bonds is 9. The Morgan fingerprint density at radius 2 is 2.02 bits per heavy atom. The number of fused-ring (bicyclic) bond motifs is 2. The highest BCUT2D eigenvalue weighted by atomic mass is 32.1. The van der Waals surface area contributed by atoms with Gasteiger partial charge in [0.1, 0.15) is 23.4 Å². The number of aliphatic hydroxyl groups is 1. The minimum Gasteiger partial charge on any atom is -0.487 e. The third-order valence-corrected chi connectivity index (χ3v) is 8.41. The number of nitrogens with zero attached hydrogens (tertiary/aromatic N) is 5. The van der Waals surface area contributed by atoms with Gasteiger partial charge in [-0.15, -0.1) is 11.3 Å². The predicted octanol–water partition coefficient (Wildman–Crippen LogP) is 4.61. The molecule has 6 rings (SSSR count). The largest absolute Gasteiger partial charge is 0.487 e. The second-order valence-corrected chi connectivity index (χ2v) is 11.9. The van der Waals surface area contributed by atoms with Crippen LogP contribution < -0.4 is 14.8 Å². The van der Waals surface area contributed by atoms with Crippen molar-refractivity contribution in [2.75, 3.05) is 45.4 Å². The number of nitrogens with one attached hydrogen (secondary N) is 1. The molecule has 1 aliphatic heterocycles. The third kappa shape index (κ3) is 7.06. The summed E-state index contributed by atoms with van der Waals surface area (Å²) in [6.07, 6.45) is 1.37. The molecule has 1 saturated heterocycles. The molecule has 2 amide bonds. The first-order valence-electron chi connectivity index (χ1n) is 14.7. The number of hydrogen-bond donors (Lipinski definition) is 2. The lowest BCUT2D eigenvalue weighted by Crippen LogP contribution is -2.50. The Balaban J connectivity index is 1.07.